The smallest absolute Gasteiger partial charge is 0.156 e. The number of hydrogen-bond acceptors (Lipinski definition) is 4. The number of H-pyrrole nitrogens is 1. The average molecular weight is 292 g/mol. The maximum Gasteiger partial charge on any atom is 0.156 e. The molecule has 1 aromatic heterocycles. The Bertz CT molecular complexity index is 652. The minimum Gasteiger partial charge on any atom is -0.493 e. The van der Waals surface area contributed by atoms with Crippen LogP contribution in [0.1, 0.15) is 26.7 Å². The Kier molecular flexibility index (Phi) is 3.49. The summed E-state index contributed by atoms with van der Waals surface area (Å²) in [4.78, 5) is 0. The fourth-order valence-electron chi connectivity index (χ4n) is 3.06. The number of benzene rings is 1. The van der Waals surface area contributed by atoms with E-state index in [4.69, 9.17) is 10.5 Å². The van der Waals surface area contributed by atoms with Crippen LogP contribution in [0.3, 0.4) is 0 Å². The number of hydrogen-bond donors (Lipinski definition) is 3. The Hall–Kier alpha value is -1.82. The molecule has 0 saturated carbocycles. The molecule has 1 atom stereocenters. The van der Waals surface area contributed by atoms with Crippen LogP contribution in [0.4, 0.5) is 10.2 Å². The molecule has 1 aliphatic heterocycles. The number of rotatable bonds is 3. The number of nitrogens with two attached hydrogens (primary N) is 1. The van der Waals surface area contributed by atoms with Gasteiger partial charge in [0.25, 0.3) is 0 Å². The van der Waals surface area contributed by atoms with Crippen LogP contribution >= 0.6 is 0 Å². The number of anilines is 1. The number of fused-ring (bicyclic) bond motifs is 1. The van der Waals surface area contributed by atoms with Gasteiger partial charge in [0.2, 0.25) is 0 Å². The maximum atomic E-state index is 14.0. The van der Waals surface area contributed by atoms with E-state index in [0.29, 0.717) is 29.2 Å². The molecule has 2 aromatic rings. The van der Waals surface area contributed by atoms with Gasteiger partial charge in [-0.05, 0) is 39.2 Å². The number of ether oxygens (including phenoxy) is 1. The van der Waals surface area contributed by atoms with E-state index in [1.807, 2.05) is 0 Å². The molecule has 0 spiro atoms. The van der Waals surface area contributed by atoms with Crippen LogP contribution in [0.2, 0.25) is 0 Å². The van der Waals surface area contributed by atoms with Crippen molar-refractivity contribution in [1.82, 2.24) is 15.5 Å². The Morgan fingerprint density at radius 2 is 2.29 bits per heavy atom. The Labute approximate surface area is 123 Å². The van der Waals surface area contributed by atoms with E-state index in [1.165, 1.54) is 6.07 Å². The minimum atomic E-state index is -0.403. The number of nitrogens with one attached hydrogen (secondary N) is 2. The van der Waals surface area contributed by atoms with Crippen LogP contribution in [0.25, 0.3) is 10.9 Å². The van der Waals surface area contributed by atoms with Crippen LogP contribution in [0.5, 0.6) is 5.75 Å². The third-order valence-corrected chi connectivity index (χ3v) is 4.06. The van der Waals surface area contributed by atoms with Gasteiger partial charge in [-0.3, -0.25) is 5.10 Å². The molecule has 1 saturated heterocycles. The van der Waals surface area contributed by atoms with Crippen LogP contribution in [0.15, 0.2) is 12.1 Å². The lowest BCUT2D eigenvalue weighted by molar-refractivity contribution is 0.160. The predicted molar refractivity (Wildman–Crippen MR) is 80.8 cm³/mol. The second-order valence-electron chi connectivity index (χ2n) is 6.42. The SMILES string of the molecule is CC1(C)CC(COc2cc(F)c3c(N)n[nH]c3c2)CCN1. The zero-order valence-corrected chi connectivity index (χ0v) is 12.4. The molecule has 6 heteroatoms. The van der Waals surface area contributed by atoms with E-state index in [2.05, 4.69) is 29.4 Å². The van der Waals surface area contributed by atoms with E-state index >= 15 is 0 Å². The molecule has 114 valence electrons. The first-order valence-electron chi connectivity index (χ1n) is 7.25. The van der Waals surface area contributed by atoms with E-state index in [1.54, 1.807) is 6.07 Å². The van der Waals surface area contributed by atoms with Crippen LogP contribution in [-0.2, 0) is 0 Å². The van der Waals surface area contributed by atoms with Crippen molar-refractivity contribution in [1.29, 1.82) is 0 Å². The van der Waals surface area contributed by atoms with Gasteiger partial charge < -0.3 is 15.8 Å². The van der Waals surface area contributed by atoms with Gasteiger partial charge in [0.15, 0.2) is 5.82 Å². The van der Waals surface area contributed by atoms with Crippen molar-refractivity contribution in [3.63, 3.8) is 0 Å². The molecule has 21 heavy (non-hydrogen) atoms. The number of piperidine rings is 1. The largest absolute Gasteiger partial charge is 0.493 e. The lowest BCUT2D eigenvalue weighted by Crippen LogP contribution is -2.47. The summed E-state index contributed by atoms with van der Waals surface area (Å²) in [5, 5.41) is 10.3. The fourth-order valence-corrected chi connectivity index (χ4v) is 3.06. The molecular formula is C15H21FN4O. The Balaban J connectivity index is 1.71. The molecule has 0 radical (unpaired) electrons. The molecule has 1 unspecified atom stereocenters. The summed E-state index contributed by atoms with van der Waals surface area (Å²) in [6.45, 7) is 5.97. The van der Waals surface area contributed by atoms with Gasteiger partial charge in [0.05, 0.1) is 17.5 Å². The highest BCUT2D eigenvalue weighted by molar-refractivity contribution is 5.90. The van der Waals surface area contributed by atoms with Crippen LogP contribution in [-0.4, -0.2) is 28.9 Å². The summed E-state index contributed by atoms with van der Waals surface area (Å²) in [6, 6.07) is 3.12. The van der Waals surface area contributed by atoms with Crippen molar-refractivity contribution in [3.8, 4) is 5.75 Å². The van der Waals surface area contributed by atoms with Crippen molar-refractivity contribution in [3.05, 3.63) is 17.9 Å². The summed E-state index contributed by atoms with van der Waals surface area (Å²) in [5.41, 5.74) is 6.32. The van der Waals surface area contributed by atoms with Crippen molar-refractivity contribution in [2.45, 2.75) is 32.2 Å². The predicted octanol–water partition coefficient (Wildman–Crippen LogP) is 2.44. The topological polar surface area (TPSA) is 76.0 Å². The summed E-state index contributed by atoms with van der Waals surface area (Å²) >= 11 is 0. The lowest BCUT2D eigenvalue weighted by atomic mass is 9.85. The minimum absolute atomic E-state index is 0.138. The zero-order chi connectivity index (χ0) is 15.0. The van der Waals surface area contributed by atoms with Crippen molar-refractivity contribution in [2.75, 3.05) is 18.9 Å². The molecular weight excluding hydrogens is 271 g/mol. The van der Waals surface area contributed by atoms with E-state index in [9.17, 15) is 4.39 Å². The van der Waals surface area contributed by atoms with Crippen molar-refractivity contribution >= 4 is 16.7 Å². The van der Waals surface area contributed by atoms with Gasteiger partial charge in [0, 0.05) is 17.7 Å². The first-order valence-corrected chi connectivity index (χ1v) is 7.25. The molecule has 4 N–H and O–H groups in total. The van der Waals surface area contributed by atoms with E-state index in [-0.39, 0.29) is 11.4 Å². The van der Waals surface area contributed by atoms with E-state index in [0.717, 1.165) is 19.4 Å². The highest BCUT2D eigenvalue weighted by atomic mass is 19.1. The Morgan fingerprint density at radius 1 is 1.48 bits per heavy atom. The second-order valence-corrected chi connectivity index (χ2v) is 6.42. The highest BCUT2D eigenvalue weighted by Gasteiger charge is 2.27. The Morgan fingerprint density at radius 3 is 3.05 bits per heavy atom. The van der Waals surface area contributed by atoms with E-state index < -0.39 is 5.82 Å². The van der Waals surface area contributed by atoms with Gasteiger partial charge in [-0.25, -0.2) is 4.39 Å². The number of aromatic amines is 1. The summed E-state index contributed by atoms with van der Waals surface area (Å²) in [6.07, 6.45) is 2.12. The fraction of sp³-hybridized carbons (Fsp3) is 0.533. The summed E-state index contributed by atoms with van der Waals surface area (Å²) < 4.78 is 19.8. The quantitative estimate of drug-likeness (QED) is 0.812. The second kappa shape index (κ2) is 5.18. The third-order valence-electron chi connectivity index (χ3n) is 4.06. The normalized spacial score (nSPS) is 21.6. The van der Waals surface area contributed by atoms with Crippen LogP contribution < -0.4 is 15.8 Å². The van der Waals surface area contributed by atoms with Gasteiger partial charge in [-0.1, -0.05) is 0 Å². The molecule has 1 aliphatic rings. The van der Waals surface area contributed by atoms with Crippen LogP contribution in [0, 0.1) is 11.7 Å². The van der Waals surface area contributed by atoms with Crippen molar-refractivity contribution in [2.24, 2.45) is 5.92 Å². The molecule has 1 aromatic carbocycles. The molecule has 0 amide bonds. The first-order chi connectivity index (χ1) is 9.94. The van der Waals surface area contributed by atoms with Gasteiger partial charge in [-0.2, -0.15) is 5.10 Å². The van der Waals surface area contributed by atoms with Crippen molar-refractivity contribution < 1.29 is 9.13 Å². The summed E-state index contributed by atoms with van der Waals surface area (Å²) in [5.74, 6) is 0.764. The molecule has 0 bridgehead atoms. The maximum absolute atomic E-state index is 14.0. The number of nitrogen functional groups attached to an aromatic ring is 1. The number of aromatic nitrogens is 2. The summed E-state index contributed by atoms with van der Waals surface area (Å²) in [7, 11) is 0. The monoisotopic (exact) mass is 292 g/mol. The molecule has 5 nitrogen and oxygen atoms in total. The molecule has 2 heterocycles. The average Bonchev–Trinajstić information content (AvgIpc) is 2.77. The van der Waals surface area contributed by atoms with Gasteiger partial charge in [0.1, 0.15) is 11.6 Å². The highest BCUT2D eigenvalue weighted by Crippen LogP contribution is 2.28. The molecule has 1 fully saturated rings. The lowest BCUT2D eigenvalue weighted by Gasteiger charge is -2.36. The first kappa shape index (κ1) is 14.1. The zero-order valence-electron chi connectivity index (χ0n) is 12.4. The van der Waals surface area contributed by atoms with Gasteiger partial charge in [-0.15, -0.1) is 0 Å². The standard InChI is InChI=1S/C15H21FN4O/c1-15(2)7-9(3-4-18-15)8-21-10-5-11(16)13-12(6-10)19-20-14(13)17/h5-6,9,18H,3-4,7-8H2,1-2H3,(H3,17,19,20). The van der Waals surface area contributed by atoms with Gasteiger partial charge >= 0.3 is 0 Å². The number of nitrogens with zero attached hydrogens (tertiary/aromatic N) is 1. The third kappa shape index (κ3) is 2.95. The molecule has 0 aliphatic carbocycles. The number of halogens is 1. The molecule has 3 rings (SSSR count).